The van der Waals surface area contributed by atoms with Gasteiger partial charge in [0.15, 0.2) is 0 Å². The summed E-state index contributed by atoms with van der Waals surface area (Å²) in [7, 11) is 0. The first-order chi connectivity index (χ1) is 21.1. The fourth-order valence-electron chi connectivity index (χ4n) is 7.91. The van der Waals surface area contributed by atoms with E-state index in [0.717, 1.165) is 0 Å². The summed E-state index contributed by atoms with van der Waals surface area (Å²) < 4.78 is 0. The molecule has 8 aromatic rings. The molecule has 0 bridgehead atoms. The minimum Gasteiger partial charge on any atom is -0.0622 e. The lowest BCUT2D eigenvalue weighted by molar-refractivity contribution is 0.646. The zero-order valence-electron chi connectivity index (χ0n) is 24.4. The van der Waals surface area contributed by atoms with Crippen molar-refractivity contribution in [3.63, 3.8) is 0 Å². The molecule has 0 heteroatoms. The lowest BCUT2D eigenvalue weighted by Crippen LogP contribution is -2.24. The van der Waals surface area contributed by atoms with Crippen LogP contribution in [0.1, 0.15) is 25.0 Å². The molecule has 0 N–H and O–H groups in total. The summed E-state index contributed by atoms with van der Waals surface area (Å²) in [4.78, 5) is 0. The van der Waals surface area contributed by atoms with Crippen LogP contribution in [0.3, 0.4) is 0 Å². The Balaban J connectivity index is 1.48. The van der Waals surface area contributed by atoms with Gasteiger partial charge in [-0.1, -0.05) is 153 Å². The Hall–Kier alpha value is -5.20. The molecule has 0 radical (unpaired) electrons. The Labute approximate surface area is 251 Å². The molecule has 8 aromatic carbocycles. The van der Waals surface area contributed by atoms with Crippen molar-refractivity contribution in [1.29, 1.82) is 0 Å². The first-order valence-electron chi connectivity index (χ1n) is 15.2. The number of benzene rings is 8. The zero-order chi connectivity index (χ0) is 28.7. The molecule has 0 aromatic heterocycles. The van der Waals surface area contributed by atoms with Crippen molar-refractivity contribution in [2.24, 2.45) is 0 Å². The fourth-order valence-corrected chi connectivity index (χ4v) is 7.91. The van der Waals surface area contributed by atoms with Crippen molar-refractivity contribution in [3.05, 3.63) is 157 Å². The average molecular weight is 547 g/mol. The number of rotatable bonds is 2. The smallest absolute Gasteiger partial charge is 0.0159 e. The minimum atomic E-state index is -0.155. The second kappa shape index (κ2) is 8.90. The molecule has 1 aliphatic carbocycles. The molecule has 0 amide bonds. The molecule has 0 unspecified atom stereocenters. The van der Waals surface area contributed by atoms with Gasteiger partial charge in [0.2, 0.25) is 0 Å². The summed E-state index contributed by atoms with van der Waals surface area (Å²) >= 11 is 0. The van der Waals surface area contributed by atoms with E-state index in [9.17, 15) is 0 Å². The largest absolute Gasteiger partial charge is 0.0622 e. The molecule has 0 spiro atoms. The first kappa shape index (κ1) is 24.4. The number of hydrogen-bond acceptors (Lipinski definition) is 0. The van der Waals surface area contributed by atoms with Crippen LogP contribution >= 0.6 is 0 Å². The summed E-state index contributed by atoms with van der Waals surface area (Å²) in [5, 5.41) is 10.5. The van der Waals surface area contributed by atoms with E-state index in [4.69, 9.17) is 0 Å². The highest BCUT2D eigenvalue weighted by atomic mass is 14.4. The maximum absolute atomic E-state index is 2.53. The van der Waals surface area contributed by atoms with Crippen molar-refractivity contribution in [2.45, 2.75) is 19.3 Å². The fraction of sp³-hybridized carbons (Fsp3) is 0.0698. The summed E-state index contributed by atoms with van der Waals surface area (Å²) in [5.41, 5.74) is 10.6. The first-order valence-corrected chi connectivity index (χ1v) is 15.2. The van der Waals surface area contributed by atoms with Gasteiger partial charge in [-0.15, -0.1) is 0 Å². The van der Waals surface area contributed by atoms with Gasteiger partial charge in [-0.3, -0.25) is 0 Å². The summed E-state index contributed by atoms with van der Waals surface area (Å²) in [6.07, 6.45) is 0. The van der Waals surface area contributed by atoms with Gasteiger partial charge in [-0.2, -0.15) is 0 Å². The van der Waals surface area contributed by atoms with Crippen LogP contribution < -0.4 is 0 Å². The highest BCUT2D eigenvalue weighted by Crippen LogP contribution is 2.54. The monoisotopic (exact) mass is 546 g/mol. The molecule has 0 saturated carbocycles. The van der Waals surface area contributed by atoms with Crippen LogP contribution in [-0.4, -0.2) is 0 Å². The molecule has 0 nitrogen and oxygen atoms in total. The van der Waals surface area contributed by atoms with Gasteiger partial charge in [0.05, 0.1) is 0 Å². The number of fused-ring (bicyclic) bond motifs is 6. The van der Waals surface area contributed by atoms with Crippen LogP contribution in [0.5, 0.6) is 0 Å². The van der Waals surface area contributed by atoms with Crippen LogP contribution in [0.4, 0.5) is 0 Å². The van der Waals surface area contributed by atoms with Crippen LogP contribution in [0.25, 0.3) is 76.5 Å². The summed E-state index contributed by atoms with van der Waals surface area (Å²) in [5.74, 6) is 0. The SMILES string of the molecule is CC1(C)c2cc(-c3c4ccccc4c(-c4ccccc4)c4ccccc34)c3ccccc3c2-c2cccc3cccc1c23. The Morgan fingerprint density at radius 3 is 1.51 bits per heavy atom. The van der Waals surface area contributed by atoms with Gasteiger partial charge < -0.3 is 0 Å². The lowest BCUT2D eigenvalue weighted by atomic mass is 9.66. The molecular formula is C43H30. The van der Waals surface area contributed by atoms with E-state index in [2.05, 4.69) is 159 Å². The van der Waals surface area contributed by atoms with E-state index < -0.39 is 0 Å². The summed E-state index contributed by atoms with van der Waals surface area (Å²) in [6.45, 7) is 4.81. The number of hydrogen-bond donors (Lipinski definition) is 0. The predicted octanol–water partition coefficient (Wildman–Crippen LogP) is 11.9. The van der Waals surface area contributed by atoms with E-state index in [1.54, 1.807) is 0 Å². The van der Waals surface area contributed by atoms with Crippen LogP contribution in [0.15, 0.2) is 146 Å². The average Bonchev–Trinajstić information content (AvgIpc) is 3.06. The van der Waals surface area contributed by atoms with E-state index >= 15 is 0 Å². The highest BCUT2D eigenvalue weighted by molar-refractivity contribution is 6.25. The van der Waals surface area contributed by atoms with Crippen LogP contribution in [-0.2, 0) is 5.41 Å². The van der Waals surface area contributed by atoms with Gasteiger partial charge in [0.1, 0.15) is 0 Å². The standard InChI is InChI=1S/C43H30/c1-43(2)37-25-13-17-28-16-12-24-35(40(28)37)42-30-19-7-6-18-29(30)36(26-38(42)43)41-33-22-10-8-20-31(33)39(27-14-4-3-5-15-27)32-21-9-11-23-34(32)41/h3-26H,1-2H3. The van der Waals surface area contributed by atoms with E-state index in [1.165, 1.54) is 87.6 Å². The lowest BCUT2D eigenvalue weighted by Gasteiger charge is -2.36. The Morgan fingerprint density at radius 1 is 0.372 bits per heavy atom. The van der Waals surface area contributed by atoms with Crippen molar-refractivity contribution in [1.82, 2.24) is 0 Å². The maximum Gasteiger partial charge on any atom is 0.0159 e. The van der Waals surface area contributed by atoms with Crippen LogP contribution in [0.2, 0.25) is 0 Å². The minimum absolute atomic E-state index is 0.155. The second-order valence-corrected chi connectivity index (χ2v) is 12.4. The summed E-state index contributed by atoms with van der Waals surface area (Å²) in [6, 6.07) is 54.1. The zero-order valence-corrected chi connectivity index (χ0v) is 24.4. The molecule has 0 heterocycles. The molecule has 202 valence electrons. The third kappa shape index (κ3) is 3.32. The van der Waals surface area contributed by atoms with Crippen molar-refractivity contribution in [2.75, 3.05) is 0 Å². The van der Waals surface area contributed by atoms with Gasteiger partial charge in [0, 0.05) is 5.41 Å². The van der Waals surface area contributed by atoms with E-state index in [-0.39, 0.29) is 5.41 Å². The van der Waals surface area contributed by atoms with Gasteiger partial charge >= 0.3 is 0 Å². The molecular weight excluding hydrogens is 516 g/mol. The van der Waals surface area contributed by atoms with Crippen molar-refractivity contribution in [3.8, 4) is 33.4 Å². The highest BCUT2D eigenvalue weighted by Gasteiger charge is 2.35. The van der Waals surface area contributed by atoms with Gasteiger partial charge in [-0.25, -0.2) is 0 Å². The molecule has 9 rings (SSSR count). The molecule has 0 aliphatic heterocycles. The molecule has 0 atom stereocenters. The molecule has 1 aliphatic rings. The second-order valence-electron chi connectivity index (χ2n) is 12.4. The van der Waals surface area contributed by atoms with Crippen molar-refractivity contribution < 1.29 is 0 Å². The normalized spacial score (nSPS) is 13.5. The third-order valence-corrected chi connectivity index (χ3v) is 9.83. The Kier molecular flexibility index (Phi) is 5.05. The topological polar surface area (TPSA) is 0 Å². The molecule has 0 fully saturated rings. The van der Waals surface area contributed by atoms with Gasteiger partial charge in [0.25, 0.3) is 0 Å². The Morgan fingerprint density at radius 2 is 0.884 bits per heavy atom. The quantitative estimate of drug-likeness (QED) is 0.189. The van der Waals surface area contributed by atoms with Crippen LogP contribution in [0, 0.1) is 0 Å². The van der Waals surface area contributed by atoms with Crippen molar-refractivity contribution >= 4 is 43.1 Å². The molecule has 43 heavy (non-hydrogen) atoms. The maximum atomic E-state index is 2.53. The predicted molar refractivity (Wildman–Crippen MR) is 185 cm³/mol. The third-order valence-electron chi connectivity index (χ3n) is 9.83. The Bertz CT molecular complexity index is 2340. The molecule has 0 saturated heterocycles. The van der Waals surface area contributed by atoms with E-state index in [0.29, 0.717) is 0 Å². The van der Waals surface area contributed by atoms with E-state index in [1.807, 2.05) is 0 Å². The van der Waals surface area contributed by atoms with Gasteiger partial charge in [-0.05, 0) is 93.7 Å².